The molecule has 0 fully saturated rings. The van der Waals surface area contributed by atoms with Crippen LogP contribution in [0.1, 0.15) is 54.6 Å². The number of aryl methyl sites for hydroxylation is 2. The van der Waals surface area contributed by atoms with Crippen LogP contribution in [-0.4, -0.2) is 37.0 Å². The number of hydrogen-bond donors (Lipinski definition) is 2. The van der Waals surface area contributed by atoms with Gasteiger partial charge in [-0.05, 0) is 73.7 Å². The molecule has 0 aliphatic rings. The van der Waals surface area contributed by atoms with Crippen molar-refractivity contribution in [2.75, 3.05) is 23.8 Å². The van der Waals surface area contributed by atoms with Crippen molar-refractivity contribution in [1.82, 2.24) is 0 Å². The Bertz CT molecular complexity index is 1040. The summed E-state index contributed by atoms with van der Waals surface area (Å²) in [5, 5.41) is 5.41. The van der Waals surface area contributed by atoms with Gasteiger partial charge in [-0.25, -0.2) is 4.79 Å². The Morgan fingerprint density at radius 2 is 1.46 bits per heavy atom. The number of carbonyl (C=O) groups excluding carboxylic acids is 4. The number of ether oxygens (including phenoxy) is 2. The molecule has 0 aromatic heterocycles. The number of benzene rings is 2. The molecule has 0 heterocycles. The molecule has 2 rings (SSSR count). The predicted octanol–water partition coefficient (Wildman–Crippen LogP) is 5.17. The summed E-state index contributed by atoms with van der Waals surface area (Å²) in [6.07, 6.45) is 0.395. The second kappa shape index (κ2) is 13.6. The molecule has 9 heteroatoms. The Balaban J connectivity index is 1.67. The number of amides is 2. The quantitative estimate of drug-likeness (QED) is 0.376. The highest BCUT2D eigenvalue weighted by Crippen LogP contribution is 2.25. The summed E-state index contributed by atoms with van der Waals surface area (Å²) >= 11 is 3.47. The van der Waals surface area contributed by atoms with Gasteiger partial charge in [-0.2, -0.15) is 0 Å². The molecule has 0 saturated carbocycles. The van der Waals surface area contributed by atoms with Gasteiger partial charge in [0.25, 0.3) is 5.91 Å². The zero-order valence-electron chi connectivity index (χ0n) is 20.4. The van der Waals surface area contributed by atoms with Gasteiger partial charge in [-0.15, -0.1) is 0 Å². The van der Waals surface area contributed by atoms with Crippen molar-refractivity contribution in [2.24, 2.45) is 5.92 Å². The third kappa shape index (κ3) is 9.90. The molecule has 35 heavy (non-hydrogen) atoms. The van der Waals surface area contributed by atoms with Crippen LogP contribution < -0.4 is 10.6 Å². The van der Waals surface area contributed by atoms with Crippen molar-refractivity contribution in [3.8, 4) is 0 Å². The van der Waals surface area contributed by atoms with E-state index in [9.17, 15) is 19.2 Å². The van der Waals surface area contributed by atoms with Crippen LogP contribution in [0.4, 0.5) is 11.4 Å². The van der Waals surface area contributed by atoms with E-state index in [0.717, 1.165) is 15.6 Å². The van der Waals surface area contributed by atoms with Gasteiger partial charge < -0.3 is 20.1 Å². The highest BCUT2D eigenvalue weighted by molar-refractivity contribution is 9.10. The van der Waals surface area contributed by atoms with Crippen LogP contribution in [0.2, 0.25) is 0 Å². The normalized spacial score (nSPS) is 10.6. The maximum atomic E-state index is 12.1. The molecule has 0 aliphatic heterocycles. The van der Waals surface area contributed by atoms with E-state index < -0.39 is 24.5 Å². The first kappa shape index (κ1) is 28.0. The van der Waals surface area contributed by atoms with Crippen LogP contribution >= 0.6 is 15.9 Å². The second-order valence-electron chi connectivity index (χ2n) is 8.60. The number of hydrogen-bond acceptors (Lipinski definition) is 6. The van der Waals surface area contributed by atoms with Gasteiger partial charge in [0.2, 0.25) is 5.91 Å². The van der Waals surface area contributed by atoms with Gasteiger partial charge in [-0.3, -0.25) is 14.4 Å². The Kier molecular flexibility index (Phi) is 10.9. The van der Waals surface area contributed by atoms with Gasteiger partial charge in [0.05, 0.1) is 12.2 Å². The minimum Gasteiger partial charge on any atom is -0.462 e. The lowest BCUT2D eigenvalue weighted by Crippen LogP contribution is -2.21. The number of carbonyl (C=O) groups is 4. The van der Waals surface area contributed by atoms with E-state index >= 15 is 0 Å². The fraction of sp³-hybridized carbons (Fsp3) is 0.385. The van der Waals surface area contributed by atoms with E-state index in [1.54, 1.807) is 24.3 Å². The second-order valence-corrected chi connectivity index (χ2v) is 9.40. The fourth-order valence-corrected chi connectivity index (χ4v) is 3.29. The maximum Gasteiger partial charge on any atom is 0.338 e. The summed E-state index contributed by atoms with van der Waals surface area (Å²) in [6.45, 7) is 7.69. The van der Waals surface area contributed by atoms with Gasteiger partial charge >= 0.3 is 11.9 Å². The molecule has 0 aliphatic carbocycles. The highest BCUT2D eigenvalue weighted by atomic mass is 79.9. The molecule has 2 amide bonds. The summed E-state index contributed by atoms with van der Waals surface area (Å²) in [7, 11) is 0. The van der Waals surface area contributed by atoms with E-state index in [1.165, 1.54) is 0 Å². The zero-order valence-corrected chi connectivity index (χ0v) is 22.0. The SMILES string of the molecule is Cc1cc(NC(=O)COC(=O)CCCC(=O)Nc2ccc(C(=O)OCC(C)C)cc2)cc(C)c1Br. The lowest BCUT2D eigenvalue weighted by Gasteiger charge is -2.10. The largest absolute Gasteiger partial charge is 0.462 e. The molecule has 8 nitrogen and oxygen atoms in total. The number of esters is 2. The molecule has 2 N–H and O–H groups in total. The molecular formula is C26H31BrN2O6. The average Bonchev–Trinajstić information content (AvgIpc) is 2.80. The number of halogens is 1. The summed E-state index contributed by atoms with van der Waals surface area (Å²) in [4.78, 5) is 48.0. The zero-order chi connectivity index (χ0) is 26.0. The Morgan fingerprint density at radius 3 is 2.06 bits per heavy atom. The van der Waals surface area contributed by atoms with E-state index in [-0.39, 0.29) is 31.1 Å². The van der Waals surface area contributed by atoms with Crippen LogP contribution in [0, 0.1) is 19.8 Å². The van der Waals surface area contributed by atoms with Crippen molar-refractivity contribution in [1.29, 1.82) is 0 Å². The molecule has 2 aromatic carbocycles. The van der Waals surface area contributed by atoms with Crippen molar-refractivity contribution < 1.29 is 28.7 Å². The summed E-state index contributed by atoms with van der Waals surface area (Å²) in [5.74, 6) is -1.43. The predicted molar refractivity (Wildman–Crippen MR) is 137 cm³/mol. The van der Waals surface area contributed by atoms with Gasteiger partial charge in [0.15, 0.2) is 6.61 Å². The minimum absolute atomic E-state index is 0.0117. The number of nitrogens with one attached hydrogen (secondary N) is 2. The van der Waals surface area contributed by atoms with Crippen LogP contribution in [0.3, 0.4) is 0 Å². The molecule has 2 aromatic rings. The third-order valence-electron chi connectivity index (χ3n) is 4.82. The smallest absolute Gasteiger partial charge is 0.338 e. The van der Waals surface area contributed by atoms with Crippen LogP contribution in [0.5, 0.6) is 0 Å². The molecule has 0 saturated heterocycles. The van der Waals surface area contributed by atoms with E-state index in [1.807, 2.05) is 39.8 Å². The van der Waals surface area contributed by atoms with Crippen molar-refractivity contribution >= 4 is 51.1 Å². The standard InChI is InChI=1S/C26H31BrN2O6/c1-16(2)14-35-26(33)19-8-10-20(11-9-19)28-22(30)6-5-7-24(32)34-15-23(31)29-21-12-17(3)25(27)18(4)13-21/h8-13,16H,5-7,14-15H2,1-4H3,(H,28,30)(H,29,31). The summed E-state index contributed by atoms with van der Waals surface area (Å²) in [5.41, 5.74) is 3.53. The van der Waals surface area contributed by atoms with Crippen molar-refractivity contribution in [2.45, 2.75) is 47.0 Å². The molecule has 0 bridgehead atoms. The van der Waals surface area contributed by atoms with Gasteiger partial charge in [-0.1, -0.05) is 29.8 Å². The first-order valence-electron chi connectivity index (χ1n) is 11.3. The molecule has 0 atom stereocenters. The fourth-order valence-electron chi connectivity index (χ4n) is 3.07. The molecule has 0 spiro atoms. The molecule has 0 unspecified atom stereocenters. The van der Waals surface area contributed by atoms with Crippen molar-refractivity contribution in [3.05, 3.63) is 57.6 Å². The minimum atomic E-state index is -0.555. The number of rotatable bonds is 11. The summed E-state index contributed by atoms with van der Waals surface area (Å²) in [6, 6.07) is 10.0. The van der Waals surface area contributed by atoms with E-state index in [2.05, 4.69) is 26.6 Å². The van der Waals surface area contributed by atoms with Gasteiger partial charge in [0.1, 0.15) is 0 Å². The third-order valence-corrected chi connectivity index (χ3v) is 6.07. The Morgan fingerprint density at radius 1 is 0.857 bits per heavy atom. The lowest BCUT2D eigenvalue weighted by molar-refractivity contribution is -0.147. The van der Waals surface area contributed by atoms with Crippen molar-refractivity contribution in [3.63, 3.8) is 0 Å². The molecule has 0 radical (unpaired) electrons. The van der Waals surface area contributed by atoms with Crippen LogP contribution in [0.15, 0.2) is 40.9 Å². The molecular weight excluding hydrogens is 516 g/mol. The van der Waals surface area contributed by atoms with Crippen LogP contribution in [-0.2, 0) is 23.9 Å². The first-order valence-corrected chi connectivity index (χ1v) is 12.1. The lowest BCUT2D eigenvalue weighted by atomic mass is 10.1. The highest BCUT2D eigenvalue weighted by Gasteiger charge is 2.12. The average molecular weight is 547 g/mol. The van der Waals surface area contributed by atoms with E-state index in [0.29, 0.717) is 23.5 Å². The van der Waals surface area contributed by atoms with Crippen LogP contribution in [0.25, 0.3) is 0 Å². The Labute approximate surface area is 213 Å². The summed E-state index contributed by atoms with van der Waals surface area (Å²) < 4.78 is 11.1. The van der Waals surface area contributed by atoms with E-state index in [4.69, 9.17) is 9.47 Å². The first-order chi connectivity index (χ1) is 16.5. The maximum absolute atomic E-state index is 12.1. The number of anilines is 2. The topological polar surface area (TPSA) is 111 Å². The monoisotopic (exact) mass is 546 g/mol. The van der Waals surface area contributed by atoms with Gasteiger partial charge in [0, 0.05) is 28.7 Å². The molecule has 188 valence electrons. The Hall–Kier alpha value is -3.20.